The van der Waals surface area contributed by atoms with Gasteiger partial charge in [0.05, 0.1) is 13.2 Å². The monoisotopic (exact) mass is 894 g/mol. The van der Waals surface area contributed by atoms with Crippen LogP contribution in [-0.4, -0.2) is 64.9 Å². The average molecular weight is 894 g/mol. The molecule has 12 heteroatoms. The van der Waals surface area contributed by atoms with Gasteiger partial charge in [0.15, 0.2) is 6.04 Å². The lowest BCUT2D eigenvalue weighted by molar-refractivity contribution is -0.147. The fourth-order valence-corrected chi connectivity index (χ4v) is 7.25. The highest BCUT2D eigenvalue weighted by molar-refractivity contribution is 7.47. The number of nitrogens with one attached hydrogen (secondary N) is 1. The van der Waals surface area contributed by atoms with E-state index >= 15 is 0 Å². The Balaban J connectivity index is 3.90. The fourth-order valence-electron chi connectivity index (χ4n) is 6.48. The van der Waals surface area contributed by atoms with Crippen LogP contribution in [-0.2, 0) is 32.7 Å². The third-order valence-electron chi connectivity index (χ3n) is 10.3. The van der Waals surface area contributed by atoms with Crippen LogP contribution in [0.1, 0.15) is 206 Å². The summed E-state index contributed by atoms with van der Waals surface area (Å²) in [5.74, 6) is -2.45. The largest absolute Gasteiger partial charge is 0.480 e. The van der Waals surface area contributed by atoms with Gasteiger partial charge in [-0.05, 0) is 77.0 Å². The van der Waals surface area contributed by atoms with Crippen LogP contribution in [0.4, 0.5) is 0 Å². The maximum absolute atomic E-state index is 12.3. The Kier molecular flexibility index (Phi) is 42.7. The number of carboxylic acids is 1. The Bertz CT molecular complexity index is 1280. The molecule has 11 nitrogen and oxygen atoms in total. The lowest BCUT2D eigenvalue weighted by Gasteiger charge is -2.18. The summed E-state index contributed by atoms with van der Waals surface area (Å²) in [7, 11) is -4.78. The number of phosphoric acid groups is 1. The topological polar surface area (TPSA) is 169 Å². The van der Waals surface area contributed by atoms with Crippen LogP contribution in [0.3, 0.4) is 0 Å². The first-order valence-electron chi connectivity index (χ1n) is 24.3. The van der Waals surface area contributed by atoms with Gasteiger partial charge in [-0.25, -0.2) is 9.36 Å². The quantitative estimate of drug-likeness (QED) is 0.0200. The summed E-state index contributed by atoms with van der Waals surface area (Å²) in [5.41, 5.74) is 0. The van der Waals surface area contributed by atoms with Crippen molar-refractivity contribution in [2.45, 2.75) is 219 Å². The molecule has 0 aromatic heterocycles. The van der Waals surface area contributed by atoms with Gasteiger partial charge in [-0.1, -0.05) is 177 Å². The third-order valence-corrected chi connectivity index (χ3v) is 11.2. The number of hydrogen-bond donors (Lipinski definition) is 4. The highest BCUT2D eigenvalue weighted by atomic mass is 31.2. The van der Waals surface area contributed by atoms with Gasteiger partial charge in [-0.2, -0.15) is 0 Å². The predicted molar refractivity (Wildman–Crippen MR) is 254 cm³/mol. The van der Waals surface area contributed by atoms with E-state index in [-0.39, 0.29) is 12.8 Å². The Labute approximate surface area is 376 Å². The van der Waals surface area contributed by atoms with Crippen molar-refractivity contribution in [1.82, 2.24) is 5.32 Å². The SMILES string of the molecule is CCCCC/C=C\C/C=C\C/C=C\C/C=C\CCCC(=O)NC(COP(=O)(O)OCC(O)COC(=O)CCCCCCCCCCCCC/C=C/CCCCCCCC)C(=O)O. The fraction of sp³-hybridized carbons (Fsp3) is 0.740. The number of carbonyl (C=O) groups excluding carboxylic acids is 2. The molecule has 3 unspecified atom stereocenters. The molecule has 0 spiro atoms. The van der Waals surface area contributed by atoms with Gasteiger partial charge in [0, 0.05) is 12.8 Å². The summed E-state index contributed by atoms with van der Waals surface area (Å²) < 4.78 is 26.9. The number of allylic oxidation sites excluding steroid dienone is 10. The minimum atomic E-state index is -4.78. The molecule has 4 N–H and O–H groups in total. The molecule has 0 rings (SSSR count). The predicted octanol–water partition coefficient (Wildman–Crippen LogP) is 13.1. The van der Waals surface area contributed by atoms with E-state index in [1.165, 1.54) is 116 Å². The number of amides is 1. The van der Waals surface area contributed by atoms with Gasteiger partial charge in [0.1, 0.15) is 12.7 Å². The van der Waals surface area contributed by atoms with Crippen molar-refractivity contribution in [1.29, 1.82) is 0 Å². The normalized spacial score (nSPS) is 14.1. The van der Waals surface area contributed by atoms with Crippen molar-refractivity contribution < 1.29 is 47.8 Å². The summed E-state index contributed by atoms with van der Waals surface area (Å²) in [6.45, 7) is 2.53. The van der Waals surface area contributed by atoms with Gasteiger partial charge < -0.3 is 25.2 Å². The number of esters is 1. The second-order valence-corrected chi connectivity index (χ2v) is 17.7. The molecule has 358 valence electrons. The van der Waals surface area contributed by atoms with Crippen LogP contribution < -0.4 is 5.32 Å². The van der Waals surface area contributed by atoms with Crippen LogP contribution in [0.2, 0.25) is 0 Å². The number of aliphatic carboxylic acids is 1. The molecule has 0 aliphatic rings. The minimum Gasteiger partial charge on any atom is -0.480 e. The summed E-state index contributed by atoms with van der Waals surface area (Å²) in [5, 5.41) is 21.8. The number of unbranched alkanes of at least 4 members (excludes halogenated alkanes) is 21. The zero-order valence-corrected chi connectivity index (χ0v) is 39.8. The number of carboxylic acid groups (broad SMARTS) is 1. The first-order chi connectivity index (χ1) is 30.1. The molecule has 0 radical (unpaired) electrons. The number of aliphatic hydroxyl groups is 1. The van der Waals surface area contributed by atoms with Crippen LogP contribution in [0.5, 0.6) is 0 Å². The van der Waals surface area contributed by atoms with Gasteiger partial charge in [0.25, 0.3) is 0 Å². The second kappa shape index (κ2) is 44.8. The summed E-state index contributed by atoms with van der Waals surface area (Å²) in [6, 6.07) is -1.58. The van der Waals surface area contributed by atoms with E-state index < -0.39 is 57.6 Å². The van der Waals surface area contributed by atoms with E-state index in [0.29, 0.717) is 19.3 Å². The first kappa shape index (κ1) is 59.2. The summed E-state index contributed by atoms with van der Waals surface area (Å²) in [6.07, 6.45) is 52.5. The van der Waals surface area contributed by atoms with E-state index in [4.69, 9.17) is 13.8 Å². The van der Waals surface area contributed by atoms with Gasteiger partial charge in [0.2, 0.25) is 5.91 Å². The molecule has 0 aliphatic heterocycles. The number of rotatable bonds is 45. The third kappa shape index (κ3) is 43.8. The molecule has 3 atom stereocenters. The van der Waals surface area contributed by atoms with Crippen LogP contribution in [0.25, 0.3) is 0 Å². The first-order valence-corrected chi connectivity index (χ1v) is 25.8. The smallest absolute Gasteiger partial charge is 0.472 e. The summed E-state index contributed by atoms with van der Waals surface area (Å²) >= 11 is 0. The maximum atomic E-state index is 12.3. The van der Waals surface area contributed by atoms with Crippen LogP contribution >= 0.6 is 7.82 Å². The molecule has 0 aliphatic carbocycles. The molecule has 0 heterocycles. The van der Waals surface area contributed by atoms with Gasteiger partial charge in [-0.3, -0.25) is 18.6 Å². The van der Waals surface area contributed by atoms with Crippen LogP contribution in [0.15, 0.2) is 60.8 Å². The highest BCUT2D eigenvalue weighted by Crippen LogP contribution is 2.43. The molecule has 62 heavy (non-hydrogen) atoms. The molecular formula is C50H88NO10P. The van der Waals surface area contributed by atoms with E-state index in [1.807, 2.05) is 12.2 Å². The maximum Gasteiger partial charge on any atom is 0.472 e. The molecule has 1 amide bonds. The molecule has 0 saturated carbocycles. The molecule has 0 aromatic carbocycles. The molecule has 0 saturated heterocycles. The number of phosphoric ester groups is 1. The Morgan fingerprint density at radius 3 is 1.40 bits per heavy atom. The van der Waals surface area contributed by atoms with Gasteiger partial charge >= 0.3 is 19.8 Å². The van der Waals surface area contributed by atoms with Crippen molar-refractivity contribution in [2.24, 2.45) is 0 Å². The molecule has 0 fully saturated rings. The standard InChI is InChI=1S/C50H88NO10P/c1-3-5-7-9-11-13-15-17-19-21-22-23-24-26-28-30-32-34-36-38-40-42-49(54)59-43-46(52)44-60-62(57,58)61-45-47(50(55)56)51-48(53)41-39-37-35-33-31-29-27-25-20-18-16-14-12-10-8-6-4-2/h12,14,17-20,27,29,33,35,46-47,52H,3-11,13,15-16,21-26,28,30-32,34,36-45H2,1-2H3,(H,51,53)(H,55,56)(H,57,58)/b14-12-,19-17+,20-18-,29-27-,35-33-. The second-order valence-electron chi connectivity index (χ2n) is 16.3. The van der Waals surface area contributed by atoms with E-state index in [1.54, 1.807) is 0 Å². The summed E-state index contributed by atoms with van der Waals surface area (Å²) in [4.78, 5) is 46.0. The van der Waals surface area contributed by atoms with Crippen molar-refractivity contribution in [3.05, 3.63) is 60.8 Å². The minimum absolute atomic E-state index is 0.0677. The van der Waals surface area contributed by atoms with Crippen molar-refractivity contribution in [3.63, 3.8) is 0 Å². The van der Waals surface area contributed by atoms with Crippen LogP contribution in [0, 0.1) is 0 Å². The Morgan fingerprint density at radius 2 is 0.903 bits per heavy atom. The Hall–Kier alpha value is -2.82. The lowest BCUT2D eigenvalue weighted by Crippen LogP contribution is -2.43. The van der Waals surface area contributed by atoms with Crippen molar-refractivity contribution >= 4 is 25.7 Å². The number of aliphatic hydroxyl groups excluding tert-OH is 1. The van der Waals surface area contributed by atoms with Gasteiger partial charge in [-0.15, -0.1) is 0 Å². The van der Waals surface area contributed by atoms with Crippen molar-refractivity contribution in [3.8, 4) is 0 Å². The van der Waals surface area contributed by atoms with E-state index in [9.17, 15) is 34.1 Å². The zero-order chi connectivity index (χ0) is 45.6. The Morgan fingerprint density at radius 1 is 0.516 bits per heavy atom. The number of hydrogen-bond acceptors (Lipinski definition) is 8. The molecule has 0 aromatic rings. The zero-order valence-electron chi connectivity index (χ0n) is 38.9. The highest BCUT2D eigenvalue weighted by Gasteiger charge is 2.28. The molecular weight excluding hydrogens is 806 g/mol. The van der Waals surface area contributed by atoms with E-state index in [0.717, 1.165) is 44.9 Å². The lowest BCUT2D eigenvalue weighted by atomic mass is 10.0. The number of ether oxygens (including phenoxy) is 1. The van der Waals surface area contributed by atoms with E-state index in [2.05, 4.69) is 67.8 Å². The van der Waals surface area contributed by atoms with Crippen molar-refractivity contribution in [2.75, 3.05) is 19.8 Å². The molecule has 0 bridgehead atoms. The average Bonchev–Trinajstić information content (AvgIpc) is 3.25. The number of carbonyl (C=O) groups is 3.